The number of thioether (sulfide) groups is 1. The zero-order chi connectivity index (χ0) is 10.4. The summed E-state index contributed by atoms with van der Waals surface area (Å²) >= 11 is 1.64. The summed E-state index contributed by atoms with van der Waals surface area (Å²) in [5, 5.41) is 8.65. The molecule has 0 bridgehead atoms. The molecule has 0 atom stereocenters. The van der Waals surface area contributed by atoms with E-state index in [9.17, 15) is 0 Å². The van der Waals surface area contributed by atoms with E-state index in [0.29, 0.717) is 11.4 Å². The lowest BCUT2D eigenvalue weighted by molar-refractivity contribution is 0.296. The Kier molecular flexibility index (Phi) is 4.62. The highest BCUT2D eigenvalue weighted by Gasteiger charge is 2.04. The van der Waals surface area contributed by atoms with Gasteiger partial charge < -0.3 is 15.6 Å². The molecule has 0 saturated heterocycles. The van der Waals surface area contributed by atoms with E-state index < -0.39 is 0 Å². The number of nitrogen functional groups attached to an aromatic ring is 1. The largest absolute Gasteiger partial charge is 0.495 e. The fraction of sp³-hybridized carbons (Fsp3) is 0.400. The van der Waals surface area contributed by atoms with E-state index in [1.54, 1.807) is 18.9 Å². The quantitative estimate of drug-likeness (QED) is 0.444. The topological polar surface area (TPSA) is 55.5 Å². The monoisotopic (exact) mass is 213 g/mol. The van der Waals surface area contributed by atoms with Crippen LogP contribution >= 0.6 is 11.8 Å². The minimum Gasteiger partial charge on any atom is -0.495 e. The number of hydrogen-bond donors (Lipinski definition) is 2. The molecular formula is C10H15NO2S. The van der Waals surface area contributed by atoms with Crippen molar-refractivity contribution in [2.45, 2.75) is 11.3 Å². The molecule has 0 aliphatic rings. The van der Waals surface area contributed by atoms with E-state index in [-0.39, 0.29) is 6.61 Å². The summed E-state index contributed by atoms with van der Waals surface area (Å²) in [6, 6.07) is 5.71. The normalized spacial score (nSPS) is 10.1. The highest BCUT2D eigenvalue weighted by molar-refractivity contribution is 7.99. The number of para-hydroxylation sites is 1. The van der Waals surface area contributed by atoms with Crippen LogP contribution < -0.4 is 10.5 Å². The first-order chi connectivity index (χ1) is 6.79. The third kappa shape index (κ3) is 2.82. The Labute approximate surface area is 88.3 Å². The van der Waals surface area contributed by atoms with Crippen molar-refractivity contribution in [2.75, 3.05) is 25.2 Å². The van der Waals surface area contributed by atoms with E-state index in [2.05, 4.69) is 0 Å². The van der Waals surface area contributed by atoms with E-state index in [4.69, 9.17) is 15.6 Å². The van der Waals surface area contributed by atoms with Gasteiger partial charge in [-0.2, -0.15) is 0 Å². The summed E-state index contributed by atoms with van der Waals surface area (Å²) in [6.45, 7) is 0.219. The van der Waals surface area contributed by atoms with Crippen molar-refractivity contribution >= 4 is 17.4 Å². The lowest BCUT2D eigenvalue weighted by atomic mass is 10.3. The molecule has 0 aliphatic carbocycles. The number of rotatable bonds is 5. The number of ether oxygens (including phenoxy) is 1. The van der Waals surface area contributed by atoms with Gasteiger partial charge in [0.15, 0.2) is 0 Å². The third-order valence-corrected chi connectivity index (χ3v) is 2.97. The molecule has 1 aromatic rings. The number of aliphatic hydroxyl groups is 1. The summed E-state index contributed by atoms with van der Waals surface area (Å²) in [5.41, 5.74) is 6.55. The number of hydrogen-bond acceptors (Lipinski definition) is 4. The Morgan fingerprint density at radius 3 is 2.93 bits per heavy atom. The standard InChI is InChI=1S/C10H15NO2S/c1-13-8-4-2-5-9(10(8)11)14-7-3-6-12/h2,4-5,12H,3,6-7,11H2,1H3. The average molecular weight is 213 g/mol. The molecule has 4 heteroatoms. The first-order valence-electron chi connectivity index (χ1n) is 4.45. The van der Waals surface area contributed by atoms with Crippen molar-refractivity contribution in [3.8, 4) is 5.75 Å². The molecule has 3 N–H and O–H groups in total. The predicted molar refractivity (Wildman–Crippen MR) is 59.8 cm³/mol. The Hall–Kier alpha value is -0.870. The van der Waals surface area contributed by atoms with Crippen molar-refractivity contribution in [2.24, 2.45) is 0 Å². The molecule has 0 aliphatic heterocycles. The smallest absolute Gasteiger partial charge is 0.142 e. The Bertz CT molecular complexity index is 291. The molecule has 78 valence electrons. The summed E-state index contributed by atoms with van der Waals surface area (Å²) in [5.74, 6) is 1.58. The van der Waals surface area contributed by atoms with E-state index in [1.165, 1.54) is 0 Å². The van der Waals surface area contributed by atoms with Crippen LogP contribution in [-0.2, 0) is 0 Å². The number of nitrogens with two attached hydrogens (primary N) is 1. The van der Waals surface area contributed by atoms with Crippen LogP contribution in [0, 0.1) is 0 Å². The fourth-order valence-corrected chi connectivity index (χ4v) is 2.00. The van der Waals surface area contributed by atoms with E-state index >= 15 is 0 Å². The van der Waals surface area contributed by atoms with Gasteiger partial charge in [-0.25, -0.2) is 0 Å². The lowest BCUT2D eigenvalue weighted by Gasteiger charge is -2.08. The zero-order valence-electron chi connectivity index (χ0n) is 8.19. The highest BCUT2D eigenvalue weighted by atomic mass is 32.2. The highest BCUT2D eigenvalue weighted by Crippen LogP contribution is 2.32. The van der Waals surface area contributed by atoms with Gasteiger partial charge in [-0.3, -0.25) is 0 Å². The maximum Gasteiger partial charge on any atom is 0.142 e. The first kappa shape index (κ1) is 11.2. The van der Waals surface area contributed by atoms with Gasteiger partial charge in [-0.1, -0.05) is 6.07 Å². The van der Waals surface area contributed by atoms with Gasteiger partial charge in [0.25, 0.3) is 0 Å². The van der Waals surface area contributed by atoms with Crippen molar-refractivity contribution < 1.29 is 9.84 Å². The van der Waals surface area contributed by atoms with Crippen LogP contribution in [0.25, 0.3) is 0 Å². The van der Waals surface area contributed by atoms with Gasteiger partial charge in [-0.05, 0) is 18.6 Å². The van der Waals surface area contributed by atoms with Gasteiger partial charge in [0, 0.05) is 17.3 Å². The number of methoxy groups -OCH3 is 1. The summed E-state index contributed by atoms with van der Waals surface area (Å²) in [7, 11) is 1.61. The molecule has 0 spiro atoms. The second-order valence-electron chi connectivity index (χ2n) is 2.80. The van der Waals surface area contributed by atoms with E-state index in [1.807, 2.05) is 18.2 Å². The summed E-state index contributed by atoms with van der Waals surface area (Å²) in [4.78, 5) is 1.01. The van der Waals surface area contributed by atoms with Crippen molar-refractivity contribution in [3.63, 3.8) is 0 Å². The predicted octanol–water partition coefficient (Wildman–Crippen LogP) is 1.75. The number of aliphatic hydroxyl groups excluding tert-OH is 1. The summed E-state index contributed by atoms with van der Waals surface area (Å²) < 4.78 is 5.10. The second-order valence-corrected chi connectivity index (χ2v) is 3.93. The Morgan fingerprint density at radius 1 is 1.50 bits per heavy atom. The minimum absolute atomic E-state index is 0.219. The third-order valence-electron chi connectivity index (χ3n) is 1.81. The first-order valence-corrected chi connectivity index (χ1v) is 5.44. The molecule has 0 unspecified atom stereocenters. The Balaban J connectivity index is 2.66. The maximum atomic E-state index is 8.65. The van der Waals surface area contributed by atoms with E-state index in [0.717, 1.165) is 17.1 Å². The van der Waals surface area contributed by atoms with Crippen LogP contribution in [-0.4, -0.2) is 24.6 Å². The molecule has 1 aromatic carbocycles. The van der Waals surface area contributed by atoms with Gasteiger partial charge in [0.1, 0.15) is 5.75 Å². The molecule has 0 fully saturated rings. The van der Waals surface area contributed by atoms with Crippen molar-refractivity contribution in [1.29, 1.82) is 0 Å². The molecule has 1 rings (SSSR count). The van der Waals surface area contributed by atoms with Crippen LogP contribution in [0.3, 0.4) is 0 Å². The van der Waals surface area contributed by atoms with Crippen LogP contribution in [0.15, 0.2) is 23.1 Å². The maximum absolute atomic E-state index is 8.65. The minimum atomic E-state index is 0.219. The van der Waals surface area contributed by atoms with Crippen LogP contribution in [0.1, 0.15) is 6.42 Å². The lowest BCUT2D eigenvalue weighted by Crippen LogP contribution is -1.95. The zero-order valence-corrected chi connectivity index (χ0v) is 9.01. The molecule has 14 heavy (non-hydrogen) atoms. The van der Waals surface area contributed by atoms with Gasteiger partial charge in [0.05, 0.1) is 12.8 Å². The van der Waals surface area contributed by atoms with Crippen LogP contribution in [0.5, 0.6) is 5.75 Å². The van der Waals surface area contributed by atoms with Gasteiger partial charge >= 0.3 is 0 Å². The van der Waals surface area contributed by atoms with Crippen LogP contribution in [0.4, 0.5) is 5.69 Å². The molecular weight excluding hydrogens is 198 g/mol. The average Bonchev–Trinajstić information content (AvgIpc) is 2.21. The number of anilines is 1. The fourth-order valence-electron chi connectivity index (χ4n) is 1.07. The van der Waals surface area contributed by atoms with Crippen molar-refractivity contribution in [3.05, 3.63) is 18.2 Å². The number of benzene rings is 1. The van der Waals surface area contributed by atoms with Gasteiger partial charge in [-0.15, -0.1) is 11.8 Å². The molecule has 0 heterocycles. The summed E-state index contributed by atoms with van der Waals surface area (Å²) in [6.07, 6.45) is 0.779. The Morgan fingerprint density at radius 2 is 2.29 bits per heavy atom. The van der Waals surface area contributed by atoms with Crippen LogP contribution in [0.2, 0.25) is 0 Å². The van der Waals surface area contributed by atoms with Crippen molar-refractivity contribution in [1.82, 2.24) is 0 Å². The molecule has 3 nitrogen and oxygen atoms in total. The second kappa shape index (κ2) is 5.78. The van der Waals surface area contributed by atoms with Gasteiger partial charge in [0.2, 0.25) is 0 Å². The molecule has 0 saturated carbocycles. The molecule has 0 amide bonds. The molecule has 0 aromatic heterocycles. The molecule has 0 radical (unpaired) electrons. The SMILES string of the molecule is COc1cccc(SCCCO)c1N.